The van der Waals surface area contributed by atoms with Crippen molar-refractivity contribution in [2.75, 3.05) is 32.3 Å². The van der Waals surface area contributed by atoms with E-state index in [4.69, 9.17) is 19.6 Å². The molecule has 254 valence electrons. The molecule has 0 spiro atoms. The molecule has 3 heterocycles. The second-order valence-corrected chi connectivity index (χ2v) is 10.8. The molecular weight excluding hydrogens is 651 g/mol. The molecule has 0 saturated heterocycles. The van der Waals surface area contributed by atoms with E-state index < -0.39 is 52.0 Å². The van der Waals surface area contributed by atoms with Crippen molar-refractivity contribution in [1.29, 1.82) is 0 Å². The van der Waals surface area contributed by atoms with Gasteiger partial charge in [-0.2, -0.15) is 13.2 Å². The minimum absolute atomic E-state index is 0.0674. The maximum absolute atomic E-state index is 14.5. The van der Waals surface area contributed by atoms with Gasteiger partial charge in [-0.25, -0.2) is 4.98 Å². The summed E-state index contributed by atoms with van der Waals surface area (Å²) in [5.74, 6) is -4.73. The number of oxazole rings is 1. The van der Waals surface area contributed by atoms with E-state index in [0.717, 1.165) is 4.90 Å². The lowest BCUT2D eigenvalue weighted by molar-refractivity contribution is -0.153. The minimum Gasteiger partial charge on any atom is -0.431 e. The van der Waals surface area contributed by atoms with Gasteiger partial charge in [0.1, 0.15) is 0 Å². The van der Waals surface area contributed by atoms with Crippen LogP contribution in [0.1, 0.15) is 26.6 Å². The quantitative estimate of drug-likeness (QED) is 0.183. The van der Waals surface area contributed by atoms with Gasteiger partial charge in [0.05, 0.1) is 65.0 Å². The van der Waals surface area contributed by atoms with Gasteiger partial charge in [0, 0.05) is 19.8 Å². The second kappa shape index (κ2) is 12.9. The van der Waals surface area contributed by atoms with Crippen molar-refractivity contribution >= 4 is 45.0 Å². The zero-order valence-corrected chi connectivity index (χ0v) is 26.0. The third kappa shape index (κ3) is 6.00. The highest BCUT2D eigenvalue weighted by atomic mass is 19.4. The first-order valence-electron chi connectivity index (χ1n) is 14.7. The molecule has 0 fully saturated rings. The largest absolute Gasteiger partial charge is 0.452 e. The van der Waals surface area contributed by atoms with Gasteiger partial charge in [0.2, 0.25) is 11.7 Å². The summed E-state index contributed by atoms with van der Waals surface area (Å²) in [4.78, 5) is 58.6. The molecule has 4 N–H and O–H groups in total. The number of H-pyrrole nitrogens is 2. The number of aromatic amines is 2. The number of methoxy groups -OCH3 is 2. The lowest BCUT2D eigenvalue weighted by atomic mass is 10.0. The Morgan fingerprint density at radius 1 is 0.918 bits per heavy atom. The third-order valence-electron chi connectivity index (χ3n) is 7.76. The van der Waals surface area contributed by atoms with E-state index in [1.807, 2.05) is 0 Å². The van der Waals surface area contributed by atoms with Crippen molar-refractivity contribution in [3.63, 3.8) is 0 Å². The Hall–Kier alpha value is -5.94. The summed E-state index contributed by atoms with van der Waals surface area (Å²) in [6.07, 6.45) is -5.18. The van der Waals surface area contributed by atoms with E-state index in [-0.39, 0.29) is 59.5 Å². The van der Waals surface area contributed by atoms with Crippen molar-refractivity contribution in [3.8, 4) is 11.5 Å². The van der Waals surface area contributed by atoms with Gasteiger partial charge in [-0.05, 0) is 42.5 Å². The number of hydrogen-bond donors (Lipinski definition) is 3. The molecule has 6 aromatic rings. The lowest BCUT2D eigenvalue weighted by Gasteiger charge is -2.25. The molecule has 0 aliphatic carbocycles. The number of halogens is 3. The number of nitrogens with one attached hydrogen (secondary N) is 2. The van der Waals surface area contributed by atoms with Gasteiger partial charge in [-0.1, -0.05) is 18.2 Å². The highest BCUT2D eigenvalue weighted by molar-refractivity contribution is 6.18. The molecule has 3 aromatic heterocycles. The van der Waals surface area contributed by atoms with Crippen LogP contribution in [0.4, 0.5) is 24.5 Å². The highest BCUT2D eigenvalue weighted by Crippen LogP contribution is 2.39. The molecule has 0 unspecified atom stereocenters. The topological polar surface area (TPSA) is 183 Å². The molecule has 17 heteroatoms. The number of benzene rings is 3. The van der Waals surface area contributed by atoms with Gasteiger partial charge < -0.3 is 19.6 Å². The van der Waals surface area contributed by atoms with Crippen LogP contribution in [0, 0.1) is 0 Å². The first kappa shape index (κ1) is 33.0. The standard InChI is InChI=1S/C32H28F3N7O7/c1-47-14-12-40-20-9-8-18(16-19(20)28(44)38-40)42(22-11-10-21-24(23(22)27(36)43)29(45)39-41(21)13-15-48-2)31(46)25-26(32(33,34)35)49-30(37-25)17-6-4-3-5-7-17/h3-11,16H,12-15H2,1-2H3,(H2,36,43)(H,38,44)(H,39,45). The van der Waals surface area contributed by atoms with Crippen molar-refractivity contribution in [1.82, 2.24) is 24.5 Å². The monoisotopic (exact) mass is 679 g/mol. The van der Waals surface area contributed by atoms with Crippen LogP contribution in [0.25, 0.3) is 33.3 Å². The predicted molar refractivity (Wildman–Crippen MR) is 171 cm³/mol. The molecule has 0 aliphatic heterocycles. The molecule has 0 atom stereocenters. The fraction of sp³-hybridized carbons (Fsp3) is 0.219. The van der Waals surface area contributed by atoms with Crippen LogP contribution in [0.2, 0.25) is 0 Å². The van der Waals surface area contributed by atoms with Crippen molar-refractivity contribution in [2.24, 2.45) is 5.73 Å². The molecule has 3 aromatic carbocycles. The van der Waals surface area contributed by atoms with Gasteiger partial charge in [-0.15, -0.1) is 0 Å². The fourth-order valence-corrected chi connectivity index (χ4v) is 5.58. The van der Waals surface area contributed by atoms with E-state index >= 15 is 0 Å². The summed E-state index contributed by atoms with van der Waals surface area (Å²) in [6.45, 7) is 0.874. The number of fused-ring (bicyclic) bond motifs is 2. The molecular formula is C32H28F3N7O7. The molecule has 14 nitrogen and oxygen atoms in total. The number of anilines is 2. The average Bonchev–Trinajstić information content (AvgIpc) is 3.77. The third-order valence-corrected chi connectivity index (χ3v) is 7.76. The molecule has 0 bridgehead atoms. The molecule has 49 heavy (non-hydrogen) atoms. The maximum atomic E-state index is 14.5. The molecule has 0 radical (unpaired) electrons. The van der Waals surface area contributed by atoms with Gasteiger partial charge in [0.25, 0.3) is 22.9 Å². The summed E-state index contributed by atoms with van der Waals surface area (Å²) in [5, 5.41) is 5.09. The fourth-order valence-electron chi connectivity index (χ4n) is 5.58. The zero-order valence-electron chi connectivity index (χ0n) is 26.0. The van der Waals surface area contributed by atoms with Crippen LogP contribution < -0.4 is 21.8 Å². The molecule has 6 rings (SSSR count). The van der Waals surface area contributed by atoms with E-state index in [0.29, 0.717) is 5.52 Å². The SMILES string of the molecule is COCCn1[nH]c(=O)c2cc(N(C(=O)c3nc(-c4ccccc4)oc3C(F)(F)F)c3ccc4c(c3C(N)=O)c(=O)[nH]n4CCOC)ccc21. The number of aromatic nitrogens is 5. The maximum Gasteiger partial charge on any atom is 0.452 e. The van der Waals surface area contributed by atoms with Crippen LogP contribution in [0.5, 0.6) is 0 Å². The Balaban J connectivity index is 1.63. The Morgan fingerprint density at radius 2 is 1.55 bits per heavy atom. The normalized spacial score (nSPS) is 11.9. The van der Waals surface area contributed by atoms with Crippen LogP contribution in [-0.2, 0) is 28.7 Å². The predicted octanol–water partition coefficient (Wildman–Crippen LogP) is 4.02. The van der Waals surface area contributed by atoms with E-state index in [2.05, 4.69) is 15.2 Å². The van der Waals surface area contributed by atoms with Gasteiger partial charge in [-0.3, -0.25) is 43.6 Å². The number of ether oxygens (including phenoxy) is 2. The number of hydrogen-bond acceptors (Lipinski definition) is 8. The second-order valence-electron chi connectivity index (χ2n) is 10.8. The molecule has 2 amide bonds. The number of alkyl halides is 3. The zero-order chi connectivity index (χ0) is 35.0. The number of rotatable bonds is 11. The Labute approximate surface area is 273 Å². The van der Waals surface area contributed by atoms with E-state index in [9.17, 15) is 32.3 Å². The number of nitrogens with zero attached hydrogens (tertiary/aromatic N) is 4. The first-order valence-corrected chi connectivity index (χ1v) is 14.7. The summed E-state index contributed by atoms with van der Waals surface area (Å²) in [5.41, 5.74) is 3.19. The van der Waals surface area contributed by atoms with Crippen LogP contribution in [0.15, 0.2) is 74.7 Å². The smallest absolute Gasteiger partial charge is 0.431 e. The average molecular weight is 680 g/mol. The number of carbonyl (C=O) groups is 2. The highest BCUT2D eigenvalue weighted by Gasteiger charge is 2.44. The molecule has 0 saturated carbocycles. The number of carbonyl (C=O) groups excluding carboxylic acids is 2. The van der Waals surface area contributed by atoms with Crippen molar-refractivity contribution < 1.29 is 36.7 Å². The first-order chi connectivity index (χ1) is 23.4. The summed E-state index contributed by atoms with van der Waals surface area (Å²) >= 11 is 0. The lowest BCUT2D eigenvalue weighted by Crippen LogP contribution is -2.31. The van der Waals surface area contributed by atoms with Gasteiger partial charge >= 0.3 is 6.18 Å². The van der Waals surface area contributed by atoms with Crippen molar-refractivity contribution in [2.45, 2.75) is 19.3 Å². The number of primary amides is 1. The summed E-state index contributed by atoms with van der Waals surface area (Å²) in [6, 6.07) is 14.4. The number of nitrogens with two attached hydrogens (primary N) is 1. The minimum atomic E-state index is -5.18. The summed E-state index contributed by atoms with van der Waals surface area (Å²) < 4.78 is 61.6. The Bertz CT molecular complexity index is 2320. The Kier molecular flexibility index (Phi) is 8.70. The van der Waals surface area contributed by atoms with Crippen LogP contribution in [-0.4, -0.2) is 63.8 Å². The van der Waals surface area contributed by atoms with Crippen molar-refractivity contribution in [3.05, 3.63) is 98.4 Å². The van der Waals surface area contributed by atoms with Crippen LogP contribution in [0.3, 0.4) is 0 Å². The Morgan fingerprint density at radius 3 is 2.18 bits per heavy atom. The summed E-state index contributed by atoms with van der Waals surface area (Å²) in [7, 11) is 2.94. The molecule has 0 aliphatic rings. The van der Waals surface area contributed by atoms with Crippen LogP contribution >= 0.6 is 0 Å². The van der Waals surface area contributed by atoms with E-state index in [1.165, 1.54) is 66.0 Å². The van der Waals surface area contributed by atoms with Gasteiger partial charge in [0.15, 0.2) is 5.69 Å². The number of amides is 2. The van der Waals surface area contributed by atoms with E-state index in [1.54, 1.807) is 18.2 Å².